The van der Waals surface area contributed by atoms with E-state index in [0.29, 0.717) is 29.7 Å². The van der Waals surface area contributed by atoms with Gasteiger partial charge in [0.15, 0.2) is 0 Å². The minimum absolute atomic E-state index is 0.181. The fourth-order valence-electron chi connectivity index (χ4n) is 3.43. The molecule has 0 atom stereocenters. The molecule has 1 fully saturated rings. The number of nitrogens with one attached hydrogen (secondary N) is 1. The van der Waals surface area contributed by atoms with Crippen LogP contribution in [0.1, 0.15) is 35.7 Å². The lowest BCUT2D eigenvalue weighted by molar-refractivity contribution is -0.120. The summed E-state index contributed by atoms with van der Waals surface area (Å²) in [6, 6.07) is 11.8. The van der Waals surface area contributed by atoms with Crippen LogP contribution < -0.4 is 5.32 Å². The number of sulfonamides is 1. The Morgan fingerprint density at radius 3 is 2.26 bits per heavy atom. The van der Waals surface area contributed by atoms with E-state index in [0.717, 1.165) is 0 Å². The maximum Gasteiger partial charge on any atom is 0.338 e. The van der Waals surface area contributed by atoms with Gasteiger partial charge in [0, 0.05) is 24.7 Å². The van der Waals surface area contributed by atoms with Crippen molar-refractivity contribution in [3.8, 4) is 0 Å². The van der Waals surface area contributed by atoms with Crippen LogP contribution in [0.25, 0.3) is 0 Å². The van der Waals surface area contributed by atoms with E-state index in [-0.39, 0.29) is 37.3 Å². The third-order valence-corrected chi connectivity index (χ3v) is 6.99. The highest BCUT2D eigenvalue weighted by Crippen LogP contribution is 2.23. The lowest BCUT2D eigenvalue weighted by atomic mass is 9.97. The van der Waals surface area contributed by atoms with Crippen LogP contribution in [0.2, 0.25) is 0 Å². The maximum atomic E-state index is 13.0. The van der Waals surface area contributed by atoms with Gasteiger partial charge in [-0.2, -0.15) is 0 Å². The number of benzene rings is 2. The van der Waals surface area contributed by atoms with Crippen LogP contribution >= 0.6 is 0 Å². The normalized spacial score (nSPS) is 15.4. The molecule has 1 saturated heterocycles. The third kappa shape index (κ3) is 6.11. The van der Waals surface area contributed by atoms with Gasteiger partial charge >= 0.3 is 5.97 Å². The van der Waals surface area contributed by atoms with Crippen LogP contribution in [0.15, 0.2) is 48.5 Å². The summed E-state index contributed by atoms with van der Waals surface area (Å²) in [5.41, 5.74) is 1.48. The maximum absolute atomic E-state index is 13.0. The predicted molar refractivity (Wildman–Crippen MR) is 114 cm³/mol. The predicted octanol–water partition coefficient (Wildman–Crippen LogP) is 3.18. The summed E-state index contributed by atoms with van der Waals surface area (Å²) < 4.78 is 44.6. The largest absolute Gasteiger partial charge is 0.462 e. The summed E-state index contributed by atoms with van der Waals surface area (Å²) in [7, 11) is -3.54. The van der Waals surface area contributed by atoms with E-state index in [1.54, 1.807) is 31.2 Å². The average molecular weight is 449 g/mol. The number of ether oxygens (including phenoxy) is 1. The van der Waals surface area contributed by atoms with Crippen molar-refractivity contribution in [1.82, 2.24) is 4.31 Å². The molecule has 3 rings (SSSR count). The summed E-state index contributed by atoms with van der Waals surface area (Å²) in [5, 5.41) is 2.81. The molecule has 1 heterocycles. The van der Waals surface area contributed by atoms with Gasteiger partial charge in [-0.25, -0.2) is 21.9 Å². The molecule has 0 radical (unpaired) electrons. The second kappa shape index (κ2) is 10.0. The van der Waals surface area contributed by atoms with E-state index in [9.17, 15) is 22.4 Å². The zero-order valence-corrected chi connectivity index (χ0v) is 18.0. The Morgan fingerprint density at radius 2 is 1.68 bits per heavy atom. The monoisotopic (exact) mass is 448 g/mol. The topological polar surface area (TPSA) is 92.8 Å². The van der Waals surface area contributed by atoms with Gasteiger partial charge in [-0.3, -0.25) is 4.79 Å². The van der Waals surface area contributed by atoms with Crippen molar-refractivity contribution in [2.75, 3.05) is 25.0 Å². The molecule has 0 aromatic heterocycles. The Hall–Kier alpha value is -2.78. The van der Waals surface area contributed by atoms with E-state index in [1.807, 2.05) is 0 Å². The minimum atomic E-state index is -3.54. The first-order valence-corrected chi connectivity index (χ1v) is 11.7. The van der Waals surface area contributed by atoms with Crippen molar-refractivity contribution in [3.63, 3.8) is 0 Å². The molecule has 7 nitrogen and oxygen atoms in total. The van der Waals surface area contributed by atoms with Gasteiger partial charge in [-0.15, -0.1) is 0 Å². The molecule has 1 N–H and O–H groups in total. The van der Waals surface area contributed by atoms with E-state index in [2.05, 4.69) is 5.32 Å². The molecule has 0 saturated carbocycles. The van der Waals surface area contributed by atoms with E-state index in [1.165, 1.54) is 28.6 Å². The van der Waals surface area contributed by atoms with Gasteiger partial charge in [0.05, 0.1) is 17.9 Å². The molecule has 9 heteroatoms. The number of rotatable bonds is 7. The zero-order chi connectivity index (χ0) is 22.4. The molecule has 0 aliphatic carbocycles. The first kappa shape index (κ1) is 22.9. The van der Waals surface area contributed by atoms with Crippen LogP contribution in [0, 0.1) is 11.7 Å². The fourth-order valence-corrected chi connectivity index (χ4v) is 4.99. The summed E-state index contributed by atoms with van der Waals surface area (Å²) >= 11 is 0. The Balaban J connectivity index is 1.52. The molecule has 1 aliphatic rings. The number of halogens is 1. The van der Waals surface area contributed by atoms with Crippen LogP contribution in [0.5, 0.6) is 0 Å². The second-order valence-electron chi connectivity index (χ2n) is 7.34. The van der Waals surface area contributed by atoms with Gasteiger partial charge in [0.25, 0.3) is 0 Å². The molecule has 0 bridgehead atoms. The van der Waals surface area contributed by atoms with Gasteiger partial charge in [0.1, 0.15) is 5.82 Å². The highest BCUT2D eigenvalue weighted by Gasteiger charge is 2.31. The molecule has 31 heavy (non-hydrogen) atoms. The van der Waals surface area contributed by atoms with Crippen molar-refractivity contribution in [3.05, 3.63) is 65.5 Å². The summed E-state index contributed by atoms with van der Waals surface area (Å²) in [5.74, 6) is -1.52. The fraction of sp³-hybridized carbons (Fsp3) is 0.364. The van der Waals surface area contributed by atoms with Gasteiger partial charge in [-0.05, 0) is 61.7 Å². The molecular weight excluding hydrogens is 423 g/mol. The number of piperidine rings is 1. The van der Waals surface area contributed by atoms with Crippen molar-refractivity contribution < 1.29 is 27.1 Å². The molecule has 166 valence electrons. The van der Waals surface area contributed by atoms with Crippen LogP contribution in [-0.2, 0) is 25.3 Å². The number of carbonyl (C=O) groups is 2. The lowest BCUT2D eigenvalue weighted by Gasteiger charge is -2.30. The number of esters is 1. The number of anilines is 1. The Morgan fingerprint density at radius 1 is 1.06 bits per heavy atom. The Labute approximate surface area is 181 Å². The van der Waals surface area contributed by atoms with E-state index < -0.39 is 21.8 Å². The van der Waals surface area contributed by atoms with E-state index >= 15 is 0 Å². The summed E-state index contributed by atoms with van der Waals surface area (Å²) in [6.07, 6.45) is 0.824. The second-order valence-corrected chi connectivity index (χ2v) is 9.31. The summed E-state index contributed by atoms with van der Waals surface area (Å²) in [4.78, 5) is 24.2. The number of amides is 1. The lowest BCUT2D eigenvalue weighted by Crippen LogP contribution is -2.41. The highest BCUT2D eigenvalue weighted by atomic mass is 32.2. The van der Waals surface area contributed by atoms with Crippen molar-refractivity contribution in [2.24, 2.45) is 5.92 Å². The smallest absolute Gasteiger partial charge is 0.338 e. The van der Waals surface area contributed by atoms with Gasteiger partial charge in [-0.1, -0.05) is 12.1 Å². The van der Waals surface area contributed by atoms with Crippen molar-refractivity contribution in [1.29, 1.82) is 0 Å². The molecule has 0 spiro atoms. The molecule has 2 aromatic rings. The first-order valence-electron chi connectivity index (χ1n) is 10.1. The number of nitrogens with zero attached hydrogens (tertiary/aromatic N) is 1. The van der Waals surface area contributed by atoms with Gasteiger partial charge in [0.2, 0.25) is 15.9 Å². The molecular formula is C22H25FN2O5S. The SMILES string of the molecule is CCOC(=O)c1ccc(NC(=O)C2CCN(S(=O)(=O)Cc3ccc(F)cc3)CC2)cc1. The average Bonchev–Trinajstić information content (AvgIpc) is 2.76. The Bertz CT molecular complexity index is 1010. The third-order valence-electron chi connectivity index (χ3n) is 5.14. The van der Waals surface area contributed by atoms with Crippen LogP contribution in [-0.4, -0.2) is 44.3 Å². The molecule has 1 amide bonds. The minimum Gasteiger partial charge on any atom is -0.462 e. The molecule has 1 aliphatic heterocycles. The molecule has 2 aromatic carbocycles. The molecule has 0 unspecified atom stereocenters. The highest BCUT2D eigenvalue weighted by molar-refractivity contribution is 7.88. The first-order chi connectivity index (χ1) is 14.8. The Kier molecular flexibility index (Phi) is 7.40. The number of carbonyl (C=O) groups excluding carboxylic acids is 2. The van der Waals surface area contributed by atoms with Crippen LogP contribution in [0.3, 0.4) is 0 Å². The van der Waals surface area contributed by atoms with Crippen molar-refractivity contribution >= 4 is 27.6 Å². The van der Waals surface area contributed by atoms with Gasteiger partial charge < -0.3 is 10.1 Å². The zero-order valence-electron chi connectivity index (χ0n) is 17.2. The number of hydrogen-bond acceptors (Lipinski definition) is 5. The number of hydrogen-bond donors (Lipinski definition) is 1. The van der Waals surface area contributed by atoms with Crippen LogP contribution in [0.4, 0.5) is 10.1 Å². The van der Waals surface area contributed by atoms with Crippen molar-refractivity contribution in [2.45, 2.75) is 25.5 Å². The quantitative estimate of drug-likeness (QED) is 0.657. The van der Waals surface area contributed by atoms with E-state index in [4.69, 9.17) is 4.74 Å². The summed E-state index contributed by atoms with van der Waals surface area (Å²) in [6.45, 7) is 2.52. The standard InChI is InChI=1S/C22H25FN2O5S/c1-2-30-22(27)18-5-9-20(10-6-18)24-21(26)17-11-13-25(14-12-17)31(28,29)15-16-3-7-19(23)8-4-16/h3-10,17H,2,11-15H2,1H3,(H,24,26).